The minimum Gasteiger partial charge on any atom is -0.387 e. The van der Waals surface area contributed by atoms with Gasteiger partial charge in [-0.3, -0.25) is 13.7 Å². The zero-order valence-electron chi connectivity index (χ0n) is 25.5. The molecule has 52 heavy (non-hydrogen) atoms. The Morgan fingerprint density at radius 1 is 0.692 bits per heavy atom. The van der Waals surface area contributed by atoms with E-state index in [0.29, 0.717) is 0 Å². The molecule has 0 radical (unpaired) electrons. The maximum absolute atomic E-state index is 12.4. The predicted molar refractivity (Wildman–Crippen MR) is 165 cm³/mol. The molecule has 0 amide bonds. The van der Waals surface area contributed by atoms with E-state index in [4.69, 9.17) is 25.5 Å². The van der Waals surface area contributed by atoms with E-state index in [2.05, 4.69) is 47.4 Å². The zero-order chi connectivity index (χ0) is 37.7. The molecule has 2 aliphatic heterocycles. The number of phosphoric ester groups is 1. The standard InChI is InChI=1S/C20H28N10O18P4/c21-15-9-17(25-3-23-15)29(5-27-9)19-13(33)11(31)7(44-19)1-42-49(35)46-51(38,39)48-52(40,41)47-50(36,37)43-2-8-12(32)14(34)20(45-8)30-6-28-10-16(22)24-4-26-18(10)30/h3-8,11-14,19-20,31-35H,1-2H2,(H,36,37)(H,38,39)(H,40,41)(H2,21,23,25)(H2,22,24,26)/t7-,8-,11-,12-,13-,14-,19-,20-,49-/m1/s1. The molecule has 0 saturated carbocycles. The van der Waals surface area contributed by atoms with Crippen molar-refractivity contribution in [1.82, 2.24) is 39.0 Å². The number of nitrogen functional groups attached to an aromatic ring is 2. The van der Waals surface area contributed by atoms with Crippen molar-refractivity contribution in [2.75, 3.05) is 24.7 Å². The summed E-state index contributed by atoms with van der Waals surface area (Å²) in [6.07, 6.45) is -7.73. The lowest BCUT2D eigenvalue weighted by molar-refractivity contribution is -0.0503. The number of anilines is 2. The Labute approximate surface area is 289 Å². The first-order valence-corrected chi connectivity index (χ1v) is 19.7. The van der Waals surface area contributed by atoms with Crippen LogP contribution in [-0.2, 0) is 45.1 Å². The number of imidazole rings is 2. The van der Waals surface area contributed by atoms with E-state index in [9.17, 15) is 53.7 Å². The number of nitrogens with two attached hydrogens (primary N) is 2. The monoisotopic (exact) mass is 820 g/mol. The smallest absolute Gasteiger partial charge is 0.387 e. The number of hydrogen-bond donors (Lipinski definition) is 10. The largest absolute Gasteiger partial charge is 0.490 e. The summed E-state index contributed by atoms with van der Waals surface area (Å²) in [6, 6.07) is 0. The van der Waals surface area contributed by atoms with Crippen molar-refractivity contribution >= 4 is 66.0 Å². The van der Waals surface area contributed by atoms with Gasteiger partial charge in [-0.25, -0.2) is 47.9 Å². The van der Waals surface area contributed by atoms with Crippen molar-refractivity contribution in [3.63, 3.8) is 0 Å². The van der Waals surface area contributed by atoms with Gasteiger partial charge in [0.05, 0.1) is 25.9 Å². The summed E-state index contributed by atoms with van der Waals surface area (Å²) >= 11 is 0. The molecule has 2 saturated heterocycles. The van der Waals surface area contributed by atoms with Gasteiger partial charge < -0.3 is 65.5 Å². The summed E-state index contributed by atoms with van der Waals surface area (Å²) < 4.78 is 72.1. The van der Waals surface area contributed by atoms with Crippen molar-refractivity contribution in [3.05, 3.63) is 25.3 Å². The van der Waals surface area contributed by atoms with E-state index in [-0.39, 0.29) is 34.0 Å². The van der Waals surface area contributed by atoms with E-state index >= 15 is 0 Å². The molecule has 32 heteroatoms. The number of aromatic nitrogens is 8. The highest BCUT2D eigenvalue weighted by molar-refractivity contribution is 7.69. The van der Waals surface area contributed by atoms with Crippen LogP contribution in [0, 0.1) is 0 Å². The first-order chi connectivity index (χ1) is 24.4. The van der Waals surface area contributed by atoms with E-state index in [1.807, 2.05) is 0 Å². The molecular weight excluding hydrogens is 792 g/mol. The third-order valence-electron chi connectivity index (χ3n) is 7.33. The average molecular weight is 820 g/mol. The topological polar surface area (TPSA) is 417 Å². The molecule has 6 rings (SSSR count). The molecule has 0 bridgehead atoms. The molecule has 286 valence electrons. The molecule has 2 fully saturated rings. The number of aliphatic hydroxyl groups is 4. The van der Waals surface area contributed by atoms with Gasteiger partial charge in [-0.05, 0) is 0 Å². The number of aliphatic hydroxyl groups excluding tert-OH is 4. The van der Waals surface area contributed by atoms with Crippen molar-refractivity contribution in [2.45, 2.75) is 49.1 Å². The normalized spacial score (nSPS) is 30.7. The maximum atomic E-state index is 12.4. The third-order valence-corrected chi connectivity index (χ3v) is 12.9. The Bertz CT molecular complexity index is 2080. The van der Waals surface area contributed by atoms with Crippen molar-refractivity contribution < 1.29 is 85.1 Å². The molecule has 12 N–H and O–H groups in total. The van der Waals surface area contributed by atoms with Gasteiger partial charge in [0, 0.05) is 0 Å². The van der Waals surface area contributed by atoms with Gasteiger partial charge in [0.25, 0.3) is 0 Å². The minimum absolute atomic E-state index is 0.00319. The highest BCUT2D eigenvalue weighted by atomic mass is 31.3. The highest BCUT2D eigenvalue weighted by Gasteiger charge is 2.49. The molecular formula is C20H28N10O18P4. The molecule has 28 nitrogen and oxygen atoms in total. The van der Waals surface area contributed by atoms with Crippen LogP contribution in [-0.4, -0.2) is 129 Å². The van der Waals surface area contributed by atoms with Gasteiger partial charge in [0.15, 0.2) is 35.4 Å². The number of ether oxygens (including phenoxy) is 2. The van der Waals surface area contributed by atoms with Gasteiger partial charge in [0.2, 0.25) is 0 Å². The molecule has 3 unspecified atom stereocenters. The van der Waals surface area contributed by atoms with Crippen LogP contribution in [0.3, 0.4) is 0 Å². The number of phosphoric acid groups is 3. The number of fused-ring (bicyclic) bond motifs is 2. The molecule has 0 spiro atoms. The van der Waals surface area contributed by atoms with Gasteiger partial charge in [0.1, 0.15) is 60.3 Å². The first kappa shape index (κ1) is 38.9. The predicted octanol–water partition coefficient (Wildman–Crippen LogP) is -2.33. The maximum Gasteiger partial charge on any atom is 0.490 e. The minimum atomic E-state index is -6.03. The second kappa shape index (κ2) is 14.8. The lowest BCUT2D eigenvalue weighted by Gasteiger charge is -2.21. The van der Waals surface area contributed by atoms with E-state index < -0.39 is 94.4 Å². The van der Waals surface area contributed by atoms with Crippen LogP contribution >= 0.6 is 32.1 Å². The zero-order valence-corrected chi connectivity index (χ0v) is 29.1. The molecule has 2 aliphatic rings. The molecule has 6 heterocycles. The van der Waals surface area contributed by atoms with Gasteiger partial charge in [-0.15, -0.1) is 0 Å². The lowest BCUT2D eigenvalue weighted by atomic mass is 10.1. The van der Waals surface area contributed by atoms with E-state index in [0.717, 1.165) is 12.7 Å². The number of hydrogen-bond acceptors (Lipinski definition) is 23. The fourth-order valence-corrected chi connectivity index (χ4v) is 9.59. The Morgan fingerprint density at radius 3 is 1.65 bits per heavy atom. The number of nitrogens with zero attached hydrogens (tertiary/aromatic N) is 8. The Balaban J connectivity index is 0.989. The highest BCUT2D eigenvalue weighted by Crippen LogP contribution is 2.70. The summed E-state index contributed by atoms with van der Waals surface area (Å²) in [7, 11) is -21.0. The van der Waals surface area contributed by atoms with Crippen LogP contribution in [0.2, 0.25) is 0 Å². The summed E-state index contributed by atoms with van der Waals surface area (Å²) in [6.45, 7) is -1.85. The van der Waals surface area contributed by atoms with Crippen LogP contribution in [0.5, 0.6) is 0 Å². The fourth-order valence-electron chi connectivity index (χ4n) is 5.04. The lowest BCUT2D eigenvalue weighted by Crippen LogP contribution is -2.33. The Morgan fingerprint density at radius 2 is 1.15 bits per heavy atom. The summed E-state index contributed by atoms with van der Waals surface area (Å²) in [5.41, 5.74) is 12.0. The van der Waals surface area contributed by atoms with Crippen LogP contribution in [0.25, 0.3) is 22.3 Å². The quantitative estimate of drug-likeness (QED) is 0.0596. The van der Waals surface area contributed by atoms with Crippen molar-refractivity contribution in [2.24, 2.45) is 0 Å². The Hall–Kier alpha value is -2.78. The Kier molecular flexibility index (Phi) is 11.1. The molecule has 4 aromatic rings. The van der Waals surface area contributed by atoms with Gasteiger partial charge in [-0.2, -0.15) is 8.62 Å². The summed E-state index contributed by atoms with van der Waals surface area (Å²) in [4.78, 5) is 63.3. The molecule has 0 aromatic carbocycles. The van der Waals surface area contributed by atoms with Crippen molar-refractivity contribution in [1.29, 1.82) is 0 Å². The molecule has 0 aliphatic carbocycles. The van der Waals surface area contributed by atoms with Crippen LogP contribution in [0.15, 0.2) is 25.3 Å². The first-order valence-electron chi connectivity index (χ1n) is 14.1. The summed E-state index contributed by atoms with van der Waals surface area (Å²) in [5.74, 6) is 0.0304. The second-order valence-corrected chi connectivity index (χ2v) is 16.5. The van der Waals surface area contributed by atoms with Crippen LogP contribution in [0.1, 0.15) is 12.5 Å². The van der Waals surface area contributed by atoms with Gasteiger partial charge >= 0.3 is 32.1 Å². The van der Waals surface area contributed by atoms with E-state index in [1.165, 1.54) is 21.8 Å². The number of rotatable bonds is 14. The molecule has 4 aromatic heterocycles. The summed E-state index contributed by atoms with van der Waals surface area (Å²) in [5, 5.41) is 41.8. The second-order valence-electron chi connectivity index (χ2n) is 10.7. The van der Waals surface area contributed by atoms with Gasteiger partial charge in [-0.1, -0.05) is 0 Å². The SMILES string of the molecule is Nc1ncnc2c1ncn2[C@@H]1O[C@H](CO[P@@](O)OP(=O)(O)OP(=O)(O)OP(=O)(O)OC[C@H]2O[C@@H](n3cnc4c(N)ncnc43)[C@H](O)[C@@H]2O)[C@@H](O)[C@H]1O. The third kappa shape index (κ3) is 8.15. The molecule has 12 atom stereocenters. The van der Waals surface area contributed by atoms with Crippen molar-refractivity contribution in [3.8, 4) is 0 Å². The van der Waals surface area contributed by atoms with Crippen LogP contribution in [0.4, 0.5) is 11.6 Å². The average Bonchev–Trinajstić information content (AvgIpc) is 3.80. The van der Waals surface area contributed by atoms with Crippen LogP contribution < -0.4 is 11.5 Å². The van der Waals surface area contributed by atoms with E-state index in [1.54, 1.807) is 0 Å². The fraction of sp³-hybridized carbons (Fsp3) is 0.500.